The maximum absolute atomic E-state index is 14.2. The molecule has 1 aromatic carbocycles. The predicted octanol–water partition coefficient (Wildman–Crippen LogP) is 4.53. The Morgan fingerprint density at radius 1 is 1.42 bits per heavy atom. The van der Waals surface area contributed by atoms with E-state index in [0.29, 0.717) is 16.5 Å². The molecule has 1 N–H and O–H groups in total. The molecule has 19 heavy (non-hydrogen) atoms. The third-order valence-electron chi connectivity index (χ3n) is 4.12. The second kappa shape index (κ2) is 5.06. The van der Waals surface area contributed by atoms with Crippen LogP contribution in [0.1, 0.15) is 46.1 Å². The van der Waals surface area contributed by atoms with Crippen molar-refractivity contribution in [2.45, 2.75) is 51.5 Å². The van der Waals surface area contributed by atoms with Gasteiger partial charge < -0.3 is 5.32 Å². The average molecular weight is 284 g/mol. The molecular formula is C16H23ClFN. The highest BCUT2D eigenvalue weighted by Crippen LogP contribution is 2.58. The fourth-order valence-corrected chi connectivity index (χ4v) is 3.27. The molecule has 0 aliphatic heterocycles. The van der Waals surface area contributed by atoms with E-state index in [1.54, 1.807) is 12.1 Å². The van der Waals surface area contributed by atoms with Crippen LogP contribution in [0.15, 0.2) is 18.2 Å². The summed E-state index contributed by atoms with van der Waals surface area (Å²) in [5, 5.41) is 4.08. The molecule has 1 aliphatic carbocycles. The SMILES string of the molecule is CCC1CC1(CNC(C)(C)C)c1c(F)cccc1Cl. The zero-order valence-corrected chi connectivity index (χ0v) is 12.9. The van der Waals surface area contributed by atoms with Crippen LogP contribution in [0.25, 0.3) is 0 Å². The van der Waals surface area contributed by atoms with Gasteiger partial charge in [-0.05, 0) is 45.2 Å². The minimum Gasteiger partial charge on any atom is -0.311 e. The molecule has 0 aromatic heterocycles. The molecule has 0 bridgehead atoms. The summed E-state index contributed by atoms with van der Waals surface area (Å²) in [4.78, 5) is 0. The van der Waals surface area contributed by atoms with Crippen LogP contribution in [0.2, 0.25) is 5.02 Å². The highest BCUT2D eigenvalue weighted by Gasteiger charge is 2.56. The predicted molar refractivity (Wildman–Crippen MR) is 79.2 cm³/mol. The lowest BCUT2D eigenvalue weighted by Crippen LogP contribution is -2.42. The summed E-state index contributed by atoms with van der Waals surface area (Å²) in [5.41, 5.74) is 0.621. The maximum atomic E-state index is 14.2. The van der Waals surface area contributed by atoms with Crippen LogP contribution in [0.3, 0.4) is 0 Å². The van der Waals surface area contributed by atoms with Gasteiger partial charge in [0.25, 0.3) is 0 Å². The van der Waals surface area contributed by atoms with Gasteiger partial charge in [0.2, 0.25) is 0 Å². The number of hydrogen-bond acceptors (Lipinski definition) is 1. The van der Waals surface area contributed by atoms with Gasteiger partial charge in [-0.1, -0.05) is 31.0 Å². The molecule has 1 aliphatic rings. The minimum absolute atomic E-state index is 0.0333. The summed E-state index contributed by atoms with van der Waals surface area (Å²) in [6.07, 6.45) is 2.09. The highest BCUT2D eigenvalue weighted by molar-refractivity contribution is 6.31. The van der Waals surface area contributed by atoms with E-state index < -0.39 is 0 Å². The topological polar surface area (TPSA) is 12.0 Å². The molecule has 2 atom stereocenters. The largest absolute Gasteiger partial charge is 0.311 e. The molecule has 0 radical (unpaired) electrons. The van der Waals surface area contributed by atoms with Gasteiger partial charge in [0, 0.05) is 28.1 Å². The zero-order valence-electron chi connectivity index (χ0n) is 12.2. The van der Waals surface area contributed by atoms with E-state index in [1.165, 1.54) is 6.07 Å². The molecule has 1 fully saturated rings. The molecule has 0 saturated heterocycles. The molecule has 2 unspecified atom stereocenters. The summed E-state index contributed by atoms with van der Waals surface area (Å²) in [7, 11) is 0. The smallest absolute Gasteiger partial charge is 0.128 e. The van der Waals surface area contributed by atoms with Gasteiger partial charge in [-0.25, -0.2) is 4.39 Å². The van der Waals surface area contributed by atoms with Gasteiger partial charge in [-0.2, -0.15) is 0 Å². The van der Waals surface area contributed by atoms with E-state index in [4.69, 9.17) is 11.6 Å². The van der Waals surface area contributed by atoms with Crippen LogP contribution in [0, 0.1) is 11.7 Å². The van der Waals surface area contributed by atoms with Crippen molar-refractivity contribution in [1.82, 2.24) is 5.32 Å². The molecule has 3 heteroatoms. The number of benzene rings is 1. The summed E-state index contributed by atoms with van der Waals surface area (Å²) in [6, 6.07) is 4.99. The van der Waals surface area contributed by atoms with E-state index in [1.807, 2.05) is 0 Å². The first kappa shape index (κ1) is 14.8. The third-order valence-corrected chi connectivity index (χ3v) is 4.43. The minimum atomic E-state index is -0.167. The van der Waals surface area contributed by atoms with Crippen LogP contribution in [0.5, 0.6) is 0 Å². The van der Waals surface area contributed by atoms with Crippen LogP contribution >= 0.6 is 11.6 Å². The lowest BCUT2D eigenvalue weighted by molar-refractivity contribution is 0.382. The number of halogens is 2. The van der Waals surface area contributed by atoms with Crippen molar-refractivity contribution in [3.63, 3.8) is 0 Å². The average Bonchev–Trinajstić information content (AvgIpc) is 3.00. The van der Waals surface area contributed by atoms with E-state index in [0.717, 1.165) is 19.4 Å². The van der Waals surface area contributed by atoms with Crippen molar-refractivity contribution < 1.29 is 4.39 Å². The molecule has 0 spiro atoms. The number of rotatable bonds is 4. The fourth-order valence-electron chi connectivity index (χ4n) is 2.92. The van der Waals surface area contributed by atoms with Crippen molar-refractivity contribution in [1.29, 1.82) is 0 Å². The lowest BCUT2D eigenvalue weighted by atomic mass is 9.90. The first-order valence-electron chi connectivity index (χ1n) is 6.99. The van der Waals surface area contributed by atoms with Crippen molar-refractivity contribution in [2.75, 3.05) is 6.54 Å². The molecule has 2 rings (SSSR count). The van der Waals surface area contributed by atoms with Gasteiger partial charge in [0.15, 0.2) is 0 Å². The van der Waals surface area contributed by atoms with Gasteiger partial charge in [0.05, 0.1) is 0 Å². The van der Waals surface area contributed by atoms with Crippen LogP contribution in [-0.2, 0) is 5.41 Å². The standard InChI is InChI=1S/C16H23ClFN/c1-5-11-9-16(11,10-19-15(2,3)4)14-12(17)7-6-8-13(14)18/h6-8,11,19H,5,9-10H2,1-4H3. The quantitative estimate of drug-likeness (QED) is 0.856. The van der Waals surface area contributed by atoms with Crippen LogP contribution in [0.4, 0.5) is 4.39 Å². The second-order valence-electron chi connectivity index (χ2n) is 6.67. The fraction of sp³-hybridized carbons (Fsp3) is 0.625. The summed E-state index contributed by atoms with van der Waals surface area (Å²) in [5.74, 6) is 0.357. The maximum Gasteiger partial charge on any atom is 0.128 e. The van der Waals surface area contributed by atoms with Crippen LogP contribution < -0.4 is 5.32 Å². The summed E-state index contributed by atoms with van der Waals surface area (Å²) >= 11 is 6.26. The van der Waals surface area contributed by atoms with E-state index in [-0.39, 0.29) is 16.8 Å². The molecule has 0 heterocycles. The third kappa shape index (κ3) is 2.95. The normalized spacial score (nSPS) is 26.5. The second-order valence-corrected chi connectivity index (χ2v) is 7.07. The van der Waals surface area contributed by atoms with E-state index in [9.17, 15) is 4.39 Å². The van der Waals surface area contributed by atoms with Crippen molar-refractivity contribution in [3.8, 4) is 0 Å². The molecular weight excluding hydrogens is 261 g/mol. The molecule has 0 amide bonds. The molecule has 1 nitrogen and oxygen atoms in total. The number of nitrogens with one attached hydrogen (secondary N) is 1. The zero-order chi connectivity index (χ0) is 14.3. The van der Waals surface area contributed by atoms with Gasteiger partial charge in [-0.3, -0.25) is 0 Å². The Bertz CT molecular complexity index is 446. The first-order valence-corrected chi connectivity index (χ1v) is 7.37. The van der Waals surface area contributed by atoms with Crippen molar-refractivity contribution in [2.24, 2.45) is 5.92 Å². The van der Waals surface area contributed by atoms with E-state index in [2.05, 4.69) is 33.0 Å². The Balaban J connectivity index is 2.31. The molecule has 1 aromatic rings. The van der Waals surface area contributed by atoms with E-state index >= 15 is 0 Å². The Labute approximate surface area is 120 Å². The van der Waals surface area contributed by atoms with Crippen molar-refractivity contribution >= 4 is 11.6 Å². The Morgan fingerprint density at radius 2 is 2.11 bits per heavy atom. The van der Waals surface area contributed by atoms with Crippen molar-refractivity contribution in [3.05, 3.63) is 34.6 Å². The van der Waals surface area contributed by atoms with Crippen LogP contribution in [-0.4, -0.2) is 12.1 Å². The lowest BCUT2D eigenvalue weighted by Gasteiger charge is -2.27. The Hall–Kier alpha value is -0.600. The van der Waals surface area contributed by atoms with Gasteiger partial charge >= 0.3 is 0 Å². The summed E-state index contributed by atoms with van der Waals surface area (Å²) in [6.45, 7) is 9.35. The monoisotopic (exact) mass is 283 g/mol. The molecule has 1 saturated carbocycles. The van der Waals surface area contributed by atoms with Gasteiger partial charge in [-0.15, -0.1) is 0 Å². The van der Waals surface area contributed by atoms with Gasteiger partial charge in [0.1, 0.15) is 5.82 Å². The summed E-state index contributed by atoms with van der Waals surface area (Å²) < 4.78 is 14.2. The Kier molecular flexibility index (Phi) is 3.95. The Morgan fingerprint density at radius 3 is 2.58 bits per heavy atom. The first-order chi connectivity index (χ1) is 8.80. The molecule has 106 valence electrons. The number of hydrogen-bond donors (Lipinski definition) is 1. The highest BCUT2D eigenvalue weighted by atomic mass is 35.5.